The molecule has 15 heteroatoms. The van der Waals surface area contributed by atoms with Crippen molar-refractivity contribution in [2.45, 2.75) is 6.54 Å². The van der Waals surface area contributed by atoms with Crippen molar-refractivity contribution in [3.63, 3.8) is 0 Å². The Morgan fingerprint density at radius 2 is 0.985 bits per heavy atom. The van der Waals surface area contributed by atoms with E-state index >= 15 is 0 Å². The summed E-state index contributed by atoms with van der Waals surface area (Å²) in [4.78, 5) is 44.7. The second-order valence-electron chi connectivity index (χ2n) is 15.4. The number of halogens is 2. The Balaban J connectivity index is 0.000000197. The molecule has 8 aromatic rings. The van der Waals surface area contributed by atoms with Gasteiger partial charge in [-0.3, -0.25) is 9.80 Å². The number of carbonyl (C=O) groups is 2. The maximum absolute atomic E-state index is 12.0. The minimum Gasteiger partial charge on any atom is -0.494 e. The molecule has 0 fully saturated rings. The molecule has 6 aromatic carbocycles. The Bertz CT molecular complexity index is 3060. The van der Waals surface area contributed by atoms with E-state index in [2.05, 4.69) is 27.0 Å². The van der Waals surface area contributed by atoms with Crippen molar-refractivity contribution in [3.05, 3.63) is 177 Å². The van der Waals surface area contributed by atoms with Crippen LogP contribution in [0.15, 0.2) is 150 Å². The zero-order valence-corrected chi connectivity index (χ0v) is 38.5. The molecule has 0 aliphatic heterocycles. The van der Waals surface area contributed by atoms with Gasteiger partial charge in [0.05, 0.1) is 48.1 Å². The number of aromatic hydroxyl groups is 2. The van der Waals surface area contributed by atoms with Gasteiger partial charge in [-0.05, 0) is 86.4 Å². The highest BCUT2D eigenvalue weighted by molar-refractivity contribution is 6.35. The van der Waals surface area contributed by atoms with Gasteiger partial charge in [-0.15, -0.1) is 0 Å². The summed E-state index contributed by atoms with van der Waals surface area (Å²) in [6.45, 7) is 0.843. The summed E-state index contributed by atoms with van der Waals surface area (Å²) < 4.78 is 9.66. The zero-order valence-electron chi connectivity index (χ0n) is 37.0. The lowest BCUT2D eigenvalue weighted by atomic mass is 10.0. The van der Waals surface area contributed by atoms with E-state index in [-0.39, 0.29) is 11.8 Å². The molecule has 66 heavy (non-hydrogen) atoms. The van der Waals surface area contributed by atoms with Gasteiger partial charge in [0.15, 0.2) is 11.8 Å². The van der Waals surface area contributed by atoms with Crippen molar-refractivity contribution in [3.8, 4) is 11.8 Å². The van der Waals surface area contributed by atoms with Gasteiger partial charge in [-0.1, -0.05) is 96.0 Å². The number of anilines is 2. The molecule has 0 bridgehead atoms. The molecule has 0 saturated heterocycles. The SMILES string of the molecule is COC(=O)N(C)c1ccc2[nH]c(O)c(C(=Nc3cc(Cl)cc(Cl)c3)c3ccccc3)c2c1.COC(=O)N(C)c1ccc2[nH]c(O)c(C(=Nc3ccc(CN(C)C)cc3)c3ccccc3)c2c1. The fraction of sp³-hybridized carbons (Fsp3) is 0.137. The van der Waals surface area contributed by atoms with Crippen molar-refractivity contribution >= 4 is 91.4 Å². The summed E-state index contributed by atoms with van der Waals surface area (Å²) in [5, 5.41) is 24.1. The molecule has 2 amide bonds. The van der Waals surface area contributed by atoms with Gasteiger partial charge in [-0.25, -0.2) is 19.6 Å². The first kappa shape index (κ1) is 46.4. The molecule has 0 radical (unpaired) electrons. The first-order valence-electron chi connectivity index (χ1n) is 20.6. The minimum absolute atomic E-state index is 0.0136. The fourth-order valence-electron chi connectivity index (χ4n) is 7.34. The minimum atomic E-state index is -0.504. The Morgan fingerprint density at radius 1 is 0.561 bits per heavy atom. The molecular formula is C51H47Cl2N7O6. The van der Waals surface area contributed by atoms with Crippen LogP contribution >= 0.6 is 23.2 Å². The number of amides is 2. The van der Waals surface area contributed by atoms with Crippen molar-refractivity contribution in [2.24, 2.45) is 9.98 Å². The molecule has 2 heterocycles. The molecule has 0 atom stereocenters. The van der Waals surface area contributed by atoms with Crippen LogP contribution in [0.3, 0.4) is 0 Å². The molecule has 0 unspecified atom stereocenters. The number of fused-ring (bicyclic) bond motifs is 2. The normalized spacial score (nSPS) is 11.7. The Morgan fingerprint density at radius 3 is 1.39 bits per heavy atom. The van der Waals surface area contributed by atoms with E-state index in [1.54, 1.807) is 56.6 Å². The lowest BCUT2D eigenvalue weighted by Gasteiger charge is -2.16. The first-order chi connectivity index (χ1) is 31.7. The Kier molecular flexibility index (Phi) is 14.4. The van der Waals surface area contributed by atoms with Crippen molar-refractivity contribution in [2.75, 3.05) is 52.2 Å². The molecule has 0 aliphatic rings. The first-order valence-corrected chi connectivity index (χ1v) is 21.3. The van der Waals surface area contributed by atoms with E-state index in [0.717, 1.165) is 34.3 Å². The molecule has 336 valence electrons. The predicted octanol–water partition coefficient (Wildman–Crippen LogP) is 11.9. The third-order valence-corrected chi connectivity index (χ3v) is 11.0. The van der Waals surface area contributed by atoms with Gasteiger partial charge in [0.1, 0.15) is 0 Å². The molecule has 0 saturated carbocycles. The highest BCUT2D eigenvalue weighted by atomic mass is 35.5. The molecule has 8 rings (SSSR count). The number of hydrogen-bond donors (Lipinski definition) is 4. The number of methoxy groups -OCH3 is 2. The lowest BCUT2D eigenvalue weighted by molar-refractivity contribution is 0.179. The standard InChI is InChI=1S/C27H28N4O3.C24H19Cl2N3O3/c1-30(2)17-18-10-12-20(13-11-18)28-25(19-8-6-5-7-9-19)24-22-16-21(31(3)27(33)34-4)14-15-23(22)29-26(24)32;1-29(24(31)32-2)18-8-9-20-19(13-18)21(23(30)28-20)22(14-6-4-3-5-7-14)27-17-11-15(25)10-16(26)12-17/h5-16,29,32H,17H2,1-4H3;3-13,28,30H,1-2H3. The van der Waals surface area contributed by atoms with E-state index in [0.29, 0.717) is 60.6 Å². The second kappa shape index (κ2) is 20.5. The summed E-state index contributed by atoms with van der Waals surface area (Å²) in [5.74, 6) is -0.0340. The zero-order chi connectivity index (χ0) is 47.1. The number of carbonyl (C=O) groups excluding carboxylic acids is 2. The largest absolute Gasteiger partial charge is 0.494 e. The highest BCUT2D eigenvalue weighted by Gasteiger charge is 2.23. The predicted molar refractivity (Wildman–Crippen MR) is 265 cm³/mol. The van der Waals surface area contributed by atoms with Gasteiger partial charge >= 0.3 is 12.2 Å². The Hall–Kier alpha value is -7.58. The maximum atomic E-state index is 12.0. The van der Waals surface area contributed by atoms with Crippen LogP contribution in [-0.2, 0) is 16.0 Å². The second-order valence-corrected chi connectivity index (χ2v) is 16.3. The van der Waals surface area contributed by atoms with Gasteiger partial charge in [0.2, 0.25) is 0 Å². The third kappa shape index (κ3) is 10.5. The van der Waals surface area contributed by atoms with Crippen LogP contribution in [0, 0.1) is 0 Å². The number of aliphatic imine (C=N–C) groups is 2. The van der Waals surface area contributed by atoms with Crippen molar-refractivity contribution in [1.82, 2.24) is 14.9 Å². The van der Waals surface area contributed by atoms with Crippen molar-refractivity contribution in [1.29, 1.82) is 0 Å². The molecule has 4 N–H and O–H groups in total. The van der Waals surface area contributed by atoms with E-state index in [1.807, 2.05) is 99.0 Å². The van der Waals surface area contributed by atoms with Crippen LogP contribution in [0.25, 0.3) is 21.8 Å². The van der Waals surface area contributed by atoms with Crippen LogP contribution in [0.5, 0.6) is 11.8 Å². The number of nitrogens with zero attached hydrogens (tertiary/aromatic N) is 5. The van der Waals surface area contributed by atoms with Crippen molar-refractivity contribution < 1.29 is 29.3 Å². The fourth-order valence-corrected chi connectivity index (χ4v) is 7.85. The summed E-state index contributed by atoms with van der Waals surface area (Å²) in [5.41, 5.74) is 9.02. The molecular weight excluding hydrogens is 878 g/mol. The average molecular weight is 925 g/mol. The molecule has 13 nitrogen and oxygen atoms in total. The molecule has 2 aromatic heterocycles. The van der Waals surface area contributed by atoms with Gasteiger partial charge in [0, 0.05) is 75.0 Å². The van der Waals surface area contributed by atoms with Crippen LogP contribution in [0.2, 0.25) is 10.0 Å². The van der Waals surface area contributed by atoms with Gasteiger partial charge in [-0.2, -0.15) is 0 Å². The number of aromatic nitrogens is 2. The number of H-pyrrole nitrogens is 2. The van der Waals surface area contributed by atoms with Gasteiger partial charge in [0.25, 0.3) is 0 Å². The molecule has 0 aliphatic carbocycles. The topological polar surface area (TPSA) is 159 Å². The van der Waals surface area contributed by atoms with E-state index < -0.39 is 12.2 Å². The average Bonchev–Trinajstić information content (AvgIpc) is 3.83. The number of rotatable bonds is 10. The quantitative estimate of drug-likeness (QED) is 0.0994. The smallest absolute Gasteiger partial charge is 0.413 e. The monoisotopic (exact) mass is 923 g/mol. The maximum Gasteiger partial charge on any atom is 0.413 e. The van der Waals surface area contributed by atoms with E-state index in [9.17, 15) is 19.8 Å². The van der Waals surface area contributed by atoms with E-state index in [4.69, 9.17) is 42.7 Å². The number of ether oxygens (including phenoxy) is 2. The highest BCUT2D eigenvalue weighted by Crippen LogP contribution is 2.36. The van der Waals surface area contributed by atoms with Crippen LogP contribution < -0.4 is 9.80 Å². The number of hydrogen-bond acceptors (Lipinski definition) is 9. The van der Waals surface area contributed by atoms with Crippen LogP contribution in [0.1, 0.15) is 27.8 Å². The number of nitrogens with one attached hydrogen (secondary N) is 2. The Labute approximate surface area is 391 Å². The summed E-state index contributed by atoms with van der Waals surface area (Å²) in [6, 6.07) is 43.1. The number of aromatic amines is 2. The lowest BCUT2D eigenvalue weighted by Crippen LogP contribution is -2.25. The number of benzene rings is 6. The summed E-state index contributed by atoms with van der Waals surface area (Å²) in [6.07, 6.45) is -0.980. The third-order valence-electron chi connectivity index (χ3n) is 10.5. The summed E-state index contributed by atoms with van der Waals surface area (Å²) >= 11 is 12.3. The van der Waals surface area contributed by atoms with Gasteiger partial charge < -0.3 is 34.6 Å². The van der Waals surface area contributed by atoms with E-state index in [1.165, 1.54) is 29.6 Å². The van der Waals surface area contributed by atoms with Crippen LogP contribution in [-0.4, -0.2) is 91.1 Å². The molecule has 0 spiro atoms. The summed E-state index contributed by atoms with van der Waals surface area (Å²) in [7, 11) is 9.98. The van der Waals surface area contributed by atoms with Crippen LogP contribution in [0.4, 0.5) is 32.3 Å².